The third-order valence-electron chi connectivity index (χ3n) is 4.05. The Morgan fingerprint density at radius 3 is 2.64 bits per heavy atom. The average molecular weight is 415 g/mol. The van der Waals surface area contributed by atoms with Crippen LogP contribution in [0.25, 0.3) is 6.08 Å². The minimum atomic E-state index is -0.174. The van der Waals surface area contributed by atoms with E-state index in [-0.39, 0.29) is 24.0 Å². The van der Waals surface area contributed by atoms with Crippen molar-refractivity contribution in [2.24, 2.45) is 0 Å². The Bertz CT molecular complexity index is 934. The highest BCUT2D eigenvalue weighted by atomic mass is 32.2. The Morgan fingerprint density at radius 1 is 1.25 bits per heavy atom. The molecule has 0 atom stereocenters. The summed E-state index contributed by atoms with van der Waals surface area (Å²) in [6.45, 7) is 1.86. The van der Waals surface area contributed by atoms with Gasteiger partial charge >= 0.3 is 0 Å². The molecule has 0 aliphatic carbocycles. The number of hydrogen-bond acceptors (Lipinski definition) is 6. The molecule has 1 aromatic heterocycles. The van der Waals surface area contributed by atoms with Crippen LogP contribution in [-0.2, 0) is 9.59 Å². The molecule has 1 aliphatic heterocycles. The molecule has 1 aromatic carbocycles. The maximum absolute atomic E-state index is 12.5. The number of carbonyl (C=O) groups excluding carboxylic acids is 3. The van der Waals surface area contributed by atoms with Crippen LogP contribution in [0.2, 0.25) is 0 Å². The molecule has 8 heteroatoms. The molecule has 2 heterocycles. The van der Waals surface area contributed by atoms with Gasteiger partial charge in [-0.1, -0.05) is 24.0 Å². The highest BCUT2D eigenvalue weighted by molar-refractivity contribution is 8.26. The van der Waals surface area contributed by atoms with E-state index in [4.69, 9.17) is 16.6 Å². The second kappa shape index (κ2) is 8.99. The van der Waals surface area contributed by atoms with Crippen LogP contribution in [-0.4, -0.2) is 33.4 Å². The van der Waals surface area contributed by atoms with E-state index in [1.54, 1.807) is 48.7 Å². The van der Waals surface area contributed by atoms with E-state index in [2.05, 4.69) is 5.32 Å². The summed E-state index contributed by atoms with van der Waals surface area (Å²) in [5.74, 6) is 0.233. The molecule has 3 rings (SSSR count). The number of furan rings is 1. The Labute approximate surface area is 172 Å². The lowest BCUT2D eigenvalue weighted by molar-refractivity contribution is -0.122. The minimum absolute atomic E-state index is 0.0255. The van der Waals surface area contributed by atoms with Crippen molar-refractivity contribution in [2.45, 2.75) is 19.8 Å². The van der Waals surface area contributed by atoms with Crippen LogP contribution in [0.15, 0.2) is 52.0 Å². The highest BCUT2D eigenvalue weighted by Crippen LogP contribution is 2.32. The molecule has 6 nitrogen and oxygen atoms in total. The first-order valence-electron chi connectivity index (χ1n) is 8.64. The monoisotopic (exact) mass is 414 g/mol. The second-order valence-electron chi connectivity index (χ2n) is 6.13. The number of carbonyl (C=O) groups is 3. The molecule has 0 bridgehead atoms. The standard InChI is InChI=1S/C20H18N2O4S2/c1-13(23)14-6-8-15(9-7-14)21-18(24)5-2-10-22-19(25)17(28-20(22)27)12-16-4-3-11-26-16/h3-4,6-9,11-12H,2,5,10H2,1H3,(H,21,24). The molecule has 1 N–H and O–H groups in total. The number of rotatable bonds is 7. The minimum Gasteiger partial charge on any atom is -0.465 e. The Kier molecular flexibility index (Phi) is 6.43. The lowest BCUT2D eigenvalue weighted by Gasteiger charge is -2.14. The summed E-state index contributed by atoms with van der Waals surface area (Å²) in [6.07, 6.45) is 3.94. The molecule has 2 amide bonds. The predicted octanol–water partition coefficient (Wildman–Crippen LogP) is 4.10. The summed E-state index contributed by atoms with van der Waals surface area (Å²) >= 11 is 6.50. The molecule has 1 aliphatic rings. The van der Waals surface area contributed by atoms with Crippen LogP contribution < -0.4 is 5.32 Å². The molecule has 28 heavy (non-hydrogen) atoms. The number of ketones is 1. The van der Waals surface area contributed by atoms with E-state index in [0.717, 1.165) is 0 Å². The van der Waals surface area contributed by atoms with Crippen LogP contribution in [0, 0.1) is 0 Å². The molecule has 0 saturated carbocycles. The first-order valence-corrected chi connectivity index (χ1v) is 9.86. The Balaban J connectivity index is 1.49. The highest BCUT2D eigenvalue weighted by Gasteiger charge is 2.31. The SMILES string of the molecule is CC(=O)c1ccc(NC(=O)CCCN2C(=O)C(=Cc3ccco3)SC2=S)cc1. The van der Waals surface area contributed by atoms with Crippen molar-refractivity contribution < 1.29 is 18.8 Å². The first kappa shape index (κ1) is 20.0. The zero-order valence-corrected chi connectivity index (χ0v) is 16.8. The van der Waals surface area contributed by atoms with Crippen molar-refractivity contribution in [2.75, 3.05) is 11.9 Å². The van der Waals surface area contributed by atoms with Crippen molar-refractivity contribution in [3.8, 4) is 0 Å². The van der Waals surface area contributed by atoms with E-state index >= 15 is 0 Å². The zero-order valence-electron chi connectivity index (χ0n) is 15.1. The number of hydrogen-bond donors (Lipinski definition) is 1. The summed E-state index contributed by atoms with van der Waals surface area (Å²) in [5, 5.41) is 2.78. The van der Waals surface area contributed by atoms with Gasteiger partial charge in [0.25, 0.3) is 5.91 Å². The Hall–Kier alpha value is -2.71. The van der Waals surface area contributed by atoms with Gasteiger partial charge in [-0.15, -0.1) is 0 Å². The molecule has 0 spiro atoms. The largest absolute Gasteiger partial charge is 0.465 e. The Morgan fingerprint density at radius 2 is 2.00 bits per heavy atom. The van der Waals surface area contributed by atoms with Gasteiger partial charge in [-0.05, 0) is 49.7 Å². The fourth-order valence-electron chi connectivity index (χ4n) is 2.60. The van der Waals surface area contributed by atoms with Crippen molar-refractivity contribution in [1.29, 1.82) is 0 Å². The van der Waals surface area contributed by atoms with Gasteiger partial charge in [0.1, 0.15) is 10.1 Å². The number of amides is 2. The van der Waals surface area contributed by atoms with Crippen LogP contribution in [0.3, 0.4) is 0 Å². The van der Waals surface area contributed by atoms with E-state index in [1.165, 1.54) is 23.6 Å². The van der Waals surface area contributed by atoms with Gasteiger partial charge in [0.05, 0.1) is 11.2 Å². The number of thiocarbonyl (C=S) groups is 1. The summed E-state index contributed by atoms with van der Waals surface area (Å²) in [4.78, 5) is 37.9. The van der Waals surface area contributed by atoms with Gasteiger partial charge in [0, 0.05) is 30.3 Å². The lowest BCUT2D eigenvalue weighted by Crippen LogP contribution is -2.29. The van der Waals surface area contributed by atoms with Gasteiger partial charge in [0.15, 0.2) is 5.78 Å². The normalized spacial score (nSPS) is 15.3. The third kappa shape index (κ3) is 4.96. The van der Waals surface area contributed by atoms with E-state index in [0.29, 0.717) is 39.2 Å². The lowest BCUT2D eigenvalue weighted by atomic mass is 10.1. The van der Waals surface area contributed by atoms with Gasteiger partial charge in [-0.3, -0.25) is 19.3 Å². The predicted molar refractivity (Wildman–Crippen MR) is 113 cm³/mol. The number of benzene rings is 1. The third-order valence-corrected chi connectivity index (χ3v) is 5.43. The second-order valence-corrected chi connectivity index (χ2v) is 7.81. The summed E-state index contributed by atoms with van der Waals surface area (Å²) in [6, 6.07) is 10.2. The topological polar surface area (TPSA) is 79.6 Å². The van der Waals surface area contributed by atoms with Gasteiger partial charge in [-0.25, -0.2) is 0 Å². The van der Waals surface area contributed by atoms with Gasteiger partial charge in [-0.2, -0.15) is 0 Å². The summed E-state index contributed by atoms with van der Waals surface area (Å²) < 4.78 is 5.70. The van der Waals surface area contributed by atoms with Crippen molar-refractivity contribution >= 4 is 57.7 Å². The van der Waals surface area contributed by atoms with E-state index in [9.17, 15) is 14.4 Å². The smallest absolute Gasteiger partial charge is 0.266 e. The van der Waals surface area contributed by atoms with Crippen LogP contribution in [0.5, 0.6) is 0 Å². The molecule has 0 unspecified atom stereocenters. The zero-order chi connectivity index (χ0) is 20.1. The fourth-order valence-corrected chi connectivity index (χ4v) is 3.89. The van der Waals surface area contributed by atoms with Crippen LogP contribution >= 0.6 is 24.0 Å². The maximum atomic E-state index is 12.5. The maximum Gasteiger partial charge on any atom is 0.266 e. The summed E-state index contributed by atoms with van der Waals surface area (Å²) in [7, 11) is 0. The molecule has 1 saturated heterocycles. The number of nitrogens with zero attached hydrogens (tertiary/aromatic N) is 1. The van der Waals surface area contributed by atoms with Gasteiger partial charge in [0.2, 0.25) is 5.91 Å². The fraction of sp³-hybridized carbons (Fsp3) is 0.200. The molecule has 0 radical (unpaired) electrons. The van der Waals surface area contributed by atoms with E-state index < -0.39 is 0 Å². The van der Waals surface area contributed by atoms with Crippen LogP contribution in [0.4, 0.5) is 5.69 Å². The number of nitrogens with one attached hydrogen (secondary N) is 1. The van der Waals surface area contributed by atoms with Crippen molar-refractivity contribution in [3.05, 3.63) is 58.9 Å². The molecule has 1 fully saturated rings. The molecular weight excluding hydrogens is 396 g/mol. The molecule has 2 aromatic rings. The van der Waals surface area contributed by atoms with Crippen molar-refractivity contribution in [3.63, 3.8) is 0 Å². The molecule has 144 valence electrons. The van der Waals surface area contributed by atoms with E-state index in [1.807, 2.05) is 0 Å². The number of thioether (sulfide) groups is 1. The number of anilines is 1. The summed E-state index contributed by atoms with van der Waals surface area (Å²) in [5.41, 5.74) is 1.22. The average Bonchev–Trinajstić information content (AvgIpc) is 3.26. The van der Waals surface area contributed by atoms with Crippen LogP contribution in [0.1, 0.15) is 35.9 Å². The quantitative estimate of drug-likeness (QED) is 0.417. The first-order chi connectivity index (χ1) is 13.4. The van der Waals surface area contributed by atoms with Crippen molar-refractivity contribution in [1.82, 2.24) is 4.90 Å². The number of Topliss-reactive ketones (excluding diaryl/α,β-unsaturated/α-hetero) is 1. The van der Waals surface area contributed by atoms with Gasteiger partial charge < -0.3 is 9.73 Å². The molecular formula is C20H18N2O4S2.